The van der Waals surface area contributed by atoms with Gasteiger partial charge in [0.05, 0.1) is 17.0 Å². The molecule has 0 fully saturated rings. The molecule has 1 N–H and O–H groups in total. The minimum absolute atomic E-state index is 0.162. The van der Waals surface area contributed by atoms with E-state index < -0.39 is 0 Å². The third-order valence-electron chi connectivity index (χ3n) is 5.24. The summed E-state index contributed by atoms with van der Waals surface area (Å²) in [5, 5.41) is 25.7. The van der Waals surface area contributed by atoms with Crippen LogP contribution in [0.4, 0.5) is 5.00 Å². The van der Waals surface area contributed by atoms with E-state index in [0.717, 1.165) is 41.6 Å². The second-order valence-electron chi connectivity index (χ2n) is 7.67. The molecule has 2 heterocycles. The van der Waals surface area contributed by atoms with Crippen molar-refractivity contribution < 1.29 is 4.79 Å². The first-order valence-corrected chi connectivity index (χ1v) is 11.6. The molecule has 0 saturated heterocycles. The Balaban J connectivity index is 1.47. The zero-order valence-electron chi connectivity index (χ0n) is 17.1. The first-order chi connectivity index (χ1) is 14.5. The lowest BCUT2D eigenvalue weighted by Crippen LogP contribution is -2.15. The summed E-state index contributed by atoms with van der Waals surface area (Å²) in [6.45, 7) is 6.24. The topological polar surface area (TPSA) is 96.5 Å². The molecule has 0 saturated carbocycles. The molecule has 1 aromatic carbocycles. The number of hydrogen-bond acceptors (Lipinski definition) is 7. The van der Waals surface area contributed by atoms with Gasteiger partial charge in [0.1, 0.15) is 11.1 Å². The normalized spacial score (nSPS) is 15.5. The number of nitriles is 1. The van der Waals surface area contributed by atoms with E-state index in [9.17, 15) is 10.1 Å². The zero-order valence-corrected chi connectivity index (χ0v) is 18.7. The van der Waals surface area contributed by atoms with Gasteiger partial charge in [-0.2, -0.15) is 9.94 Å². The van der Waals surface area contributed by atoms with Crippen molar-refractivity contribution in [3.8, 4) is 11.8 Å². The number of tetrazole rings is 1. The molecule has 1 unspecified atom stereocenters. The summed E-state index contributed by atoms with van der Waals surface area (Å²) in [5.74, 6) is 0.610. The molecular weight excluding hydrogens is 416 g/mol. The maximum atomic E-state index is 12.6. The van der Waals surface area contributed by atoms with Crippen LogP contribution in [0.3, 0.4) is 0 Å². The molecular formula is C21H22N6OS2. The molecule has 7 nitrogen and oxygen atoms in total. The van der Waals surface area contributed by atoms with Crippen LogP contribution in [0.5, 0.6) is 0 Å². The molecule has 9 heteroatoms. The zero-order chi connectivity index (χ0) is 21.3. The second kappa shape index (κ2) is 8.58. The van der Waals surface area contributed by atoms with Crippen molar-refractivity contribution in [1.29, 1.82) is 5.26 Å². The van der Waals surface area contributed by atoms with E-state index in [2.05, 4.69) is 33.8 Å². The van der Waals surface area contributed by atoms with E-state index in [0.29, 0.717) is 21.6 Å². The van der Waals surface area contributed by atoms with Crippen LogP contribution in [-0.4, -0.2) is 31.9 Å². The van der Waals surface area contributed by atoms with Crippen LogP contribution in [0.1, 0.15) is 40.5 Å². The van der Waals surface area contributed by atoms with Gasteiger partial charge >= 0.3 is 0 Å². The van der Waals surface area contributed by atoms with Crippen LogP contribution in [-0.2, 0) is 17.6 Å². The number of anilines is 1. The third kappa shape index (κ3) is 4.11. The summed E-state index contributed by atoms with van der Waals surface area (Å²) >= 11 is 2.81. The number of carbonyl (C=O) groups is 1. The number of carbonyl (C=O) groups excluding carboxylic acids is 1. The minimum Gasteiger partial charge on any atom is -0.316 e. The summed E-state index contributed by atoms with van der Waals surface area (Å²) in [7, 11) is 0. The molecule has 1 aliphatic rings. The largest absolute Gasteiger partial charge is 0.316 e. The van der Waals surface area contributed by atoms with Gasteiger partial charge in [-0.05, 0) is 72.2 Å². The Morgan fingerprint density at radius 2 is 2.27 bits per heavy atom. The highest BCUT2D eigenvalue weighted by Crippen LogP contribution is 2.39. The van der Waals surface area contributed by atoms with Gasteiger partial charge in [0, 0.05) is 4.88 Å². The molecule has 1 amide bonds. The number of thioether (sulfide) groups is 1. The van der Waals surface area contributed by atoms with E-state index in [-0.39, 0.29) is 11.7 Å². The fraction of sp³-hybridized carbons (Fsp3) is 0.381. The number of fused-ring (bicyclic) bond motifs is 1. The number of benzene rings is 1. The lowest BCUT2D eigenvalue weighted by molar-refractivity contribution is -0.113. The minimum atomic E-state index is -0.168. The quantitative estimate of drug-likeness (QED) is 0.603. The van der Waals surface area contributed by atoms with Crippen molar-refractivity contribution >= 4 is 34.0 Å². The summed E-state index contributed by atoms with van der Waals surface area (Å²) in [5.41, 5.74) is 4.80. The maximum Gasteiger partial charge on any atom is 0.235 e. The average molecular weight is 439 g/mol. The van der Waals surface area contributed by atoms with Gasteiger partial charge in [0.25, 0.3) is 0 Å². The number of thiophene rings is 1. The van der Waals surface area contributed by atoms with Crippen LogP contribution < -0.4 is 5.32 Å². The Labute approximate surface area is 183 Å². The molecule has 0 bridgehead atoms. The van der Waals surface area contributed by atoms with Crippen molar-refractivity contribution in [1.82, 2.24) is 20.2 Å². The van der Waals surface area contributed by atoms with E-state index in [1.807, 2.05) is 32.0 Å². The Morgan fingerprint density at radius 1 is 1.43 bits per heavy atom. The van der Waals surface area contributed by atoms with E-state index in [1.165, 1.54) is 28.0 Å². The summed E-state index contributed by atoms with van der Waals surface area (Å²) in [6.07, 6.45) is 2.97. The third-order valence-corrected chi connectivity index (χ3v) is 7.33. The Morgan fingerprint density at radius 3 is 3.07 bits per heavy atom. The first kappa shape index (κ1) is 20.6. The van der Waals surface area contributed by atoms with Crippen LogP contribution in [0.15, 0.2) is 23.4 Å². The summed E-state index contributed by atoms with van der Waals surface area (Å²) in [6, 6.07) is 8.37. The van der Waals surface area contributed by atoms with Crippen molar-refractivity contribution in [3.63, 3.8) is 0 Å². The van der Waals surface area contributed by atoms with Crippen LogP contribution in [0.25, 0.3) is 5.69 Å². The molecule has 4 rings (SSSR count). The Hall–Kier alpha value is -2.70. The first-order valence-electron chi connectivity index (χ1n) is 9.79. The number of aryl methyl sites for hydroxylation is 2. The lowest BCUT2D eigenvalue weighted by Gasteiger charge is -2.17. The highest BCUT2D eigenvalue weighted by atomic mass is 32.2. The molecule has 3 aromatic rings. The van der Waals surface area contributed by atoms with Crippen LogP contribution >= 0.6 is 23.1 Å². The molecule has 0 aliphatic heterocycles. The van der Waals surface area contributed by atoms with Crippen molar-refractivity contribution in [3.05, 3.63) is 45.3 Å². The van der Waals surface area contributed by atoms with Gasteiger partial charge in [-0.3, -0.25) is 4.79 Å². The maximum absolute atomic E-state index is 12.6. The van der Waals surface area contributed by atoms with Gasteiger partial charge in [-0.15, -0.1) is 16.4 Å². The summed E-state index contributed by atoms with van der Waals surface area (Å²) in [4.78, 5) is 13.8. The second-order valence-corrected chi connectivity index (χ2v) is 9.72. The Bertz CT molecular complexity index is 1140. The molecule has 154 valence electrons. The van der Waals surface area contributed by atoms with Crippen LogP contribution in [0.2, 0.25) is 0 Å². The average Bonchev–Trinajstić information content (AvgIpc) is 3.31. The van der Waals surface area contributed by atoms with E-state index in [1.54, 1.807) is 4.68 Å². The summed E-state index contributed by atoms with van der Waals surface area (Å²) < 4.78 is 1.66. The SMILES string of the molecule is Cc1ccc(C)c(-n2nnnc2SCC(=O)Nc2sc3c(c2C#N)CCC(C)C3)c1. The van der Waals surface area contributed by atoms with Gasteiger partial charge in [-0.1, -0.05) is 30.8 Å². The van der Waals surface area contributed by atoms with Crippen molar-refractivity contribution in [2.75, 3.05) is 11.1 Å². The number of hydrogen-bond donors (Lipinski definition) is 1. The molecule has 1 aliphatic carbocycles. The van der Waals surface area contributed by atoms with E-state index >= 15 is 0 Å². The van der Waals surface area contributed by atoms with Crippen LogP contribution in [0, 0.1) is 31.1 Å². The van der Waals surface area contributed by atoms with Gasteiger partial charge in [-0.25, -0.2) is 0 Å². The standard InChI is InChI=1S/C21H22N6OS2/c1-12-4-6-14(3)17(8-12)27-21(24-25-26-27)29-11-19(28)23-20-16(10-22)15-7-5-13(2)9-18(15)30-20/h4,6,8,13H,5,7,9,11H2,1-3H3,(H,23,28). The Kier molecular flexibility index (Phi) is 5.88. The number of nitrogens with zero attached hydrogens (tertiary/aromatic N) is 5. The fourth-order valence-electron chi connectivity index (χ4n) is 3.62. The molecule has 0 spiro atoms. The van der Waals surface area contributed by atoms with Gasteiger partial charge < -0.3 is 5.32 Å². The number of aromatic nitrogens is 4. The highest BCUT2D eigenvalue weighted by Gasteiger charge is 2.25. The van der Waals surface area contributed by atoms with Crippen molar-refractivity contribution in [2.45, 2.75) is 45.2 Å². The lowest BCUT2D eigenvalue weighted by atomic mass is 9.89. The number of nitrogens with one attached hydrogen (secondary N) is 1. The smallest absolute Gasteiger partial charge is 0.235 e. The molecule has 30 heavy (non-hydrogen) atoms. The van der Waals surface area contributed by atoms with Crippen molar-refractivity contribution in [2.24, 2.45) is 5.92 Å². The molecule has 2 aromatic heterocycles. The fourth-order valence-corrected chi connectivity index (χ4v) is 5.68. The monoisotopic (exact) mass is 438 g/mol. The predicted octanol–water partition coefficient (Wildman–Crippen LogP) is 4.07. The van der Waals surface area contributed by atoms with Gasteiger partial charge in [0.15, 0.2) is 0 Å². The number of rotatable bonds is 5. The molecule has 0 radical (unpaired) electrons. The highest BCUT2D eigenvalue weighted by molar-refractivity contribution is 7.99. The van der Waals surface area contributed by atoms with E-state index in [4.69, 9.17) is 0 Å². The molecule has 1 atom stereocenters. The van der Waals surface area contributed by atoms with Gasteiger partial charge in [0.2, 0.25) is 11.1 Å². The predicted molar refractivity (Wildman–Crippen MR) is 118 cm³/mol. The number of amides is 1.